The molecule has 0 spiro atoms. The third-order valence-corrected chi connectivity index (χ3v) is 6.93. The van der Waals surface area contributed by atoms with E-state index in [-0.39, 0.29) is 11.7 Å². The smallest absolute Gasteiger partial charge is 0.234 e. The lowest BCUT2D eigenvalue weighted by Crippen LogP contribution is -2.15. The van der Waals surface area contributed by atoms with Gasteiger partial charge in [-0.1, -0.05) is 75.7 Å². The number of anilines is 1. The molecular formula is C25H22BrClN4OS. The molecule has 0 aliphatic heterocycles. The Labute approximate surface area is 210 Å². The molecule has 0 fully saturated rings. The van der Waals surface area contributed by atoms with Crippen molar-refractivity contribution in [1.29, 1.82) is 0 Å². The quantitative estimate of drug-likeness (QED) is 0.267. The molecule has 0 aliphatic carbocycles. The summed E-state index contributed by atoms with van der Waals surface area (Å²) in [6, 6.07) is 21.8. The van der Waals surface area contributed by atoms with E-state index in [1.165, 1.54) is 22.9 Å². The van der Waals surface area contributed by atoms with Gasteiger partial charge in [-0.05, 0) is 60.9 Å². The normalized spacial score (nSPS) is 10.9. The maximum Gasteiger partial charge on any atom is 0.234 e. The Bertz CT molecular complexity index is 1290. The third-order valence-electron chi connectivity index (χ3n) is 5.19. The van der Waals surface area contributed by atoms with Gasteiger partial charge in [0.1, 0.15) is 5.82 Å². The number of benzene rings is 3. The van der Waals surface area contributed by atoms with Gasteiger partial charge in [-0.15, -0.1) is 10.2 Å². The van der Waals surface area contributed by atoms with E-state index < -0.39 is 0 Å². The maximum absolute atomic E-state index is 12.6. The number of carbonyl (C=O) groups excluding carboxylic acids is 1. The zero-order valence-corrected chi connectivity index (χ0v) is 21.3. The van der Waals surface area contributed by atoms with E-state index >= 15 is 0 Å². The largest absolute Gasteiger partial charge is 0.324 e. The molecule has 0 saturated carbocycles. The summed E-state index contributed by atoms with van der Waals surface area (Å²) in [5.41, 5.74) is 5.11. The van der Waals surface area contributed by atoms with Gasteiger partial charge < -0.3 is 5.32 Å². The number of amides is 1. The van der Waals surface area contributed by atoms with Crippen LogP contribution in [0.4, 0.5) is 5.69 Å². The van der Waals surface area contributed by atoms with E-state index in [0.717, 1.165) is 21.5 Å². The van der Waals surface area contributed by atoms with Gasteiger partial charge in [0.05, 0.1) is 16.5 Å². The summed E-state index contributed by atoms with van der Waals surface area (Å²) in [4.78, 5) is 12.6. The minimum Gasteiger partial charge on any atom is -0.324 e. The van der Waals surface area contributed by atoms with Crippen LogP contribution in [0.3, 0.4) is 0 Å². The summed E-state index contributed by atoms with van der Waals surface area (Å²) in [6.45, 7) is 4.17. The summed E-state index contributed by atoms with van der Waals surface area (Å²) < 4.78 is 2.89. The highest BCUT2D eigenvalue weighted by Crippen LogP contribution is 2.27. The Morgan fingerprint density at radius 3 is 2.55 bits per heavy atom. The molecule has 0 unspecified atom stereocenters. The number of aromatic nitrogens is 3. The van der Waals surface area contributed by atoms with Crippen LogP contribution in [-0.4, -0.2) is 26.4 Å². The fourth-order valence-corrected chi connectivity index (χ4v) is 4.81. The Hall–Kier alpha value is -2.61. The second kappa shape index (κ2) is 10.5. The number of aryl methyl sites for hydroxylation is 2. The van der Waals surface area contributed by atoms with Crippen molar-refractivity contribution < 1.29 is 4.79 Å². The molecule has 168 valence electrons. The number of halogens is 2. The average Bonchev–Trinajstić information content (AvgIpc) is 3.19. The Morgan fingerprint density at radius 1 is 1.03 bits per heavy atom. The van der Waals surface area contributed by atoms with E-state index in [1.54, 1.807) is 12.1 Å². The molecule has 0 bridgehead atoms. The van der Waals surface area contributed by atoms with Gasteiger partial charge in [-0.2, -0.15) is 0 Å². The Kier molecular flexibility index (Phi) is 7.53. The van der Waals surface area contributed by atoms with Crippen LogP contribution in [-0.2, 0) is 11.2 Å². The highest BCUT2D eigenvalue weighted by Gasteiger charge is 2.17. The van der Waals surface area contributed by atoms with Crippen molar-refractivity contribution in [2.45, 2.75) is 25.4 Å². The average molecular weight is 542 g/mol. The molecule has 1 heterocycles. The van der Waals surface area contributed by atoms with Crippen LogP contribution in [0.1, 0.15) is 22.5 Å². The van der Waals surface area contributed by atoms with Crippen molar-refractivity contribution in [1.82, 2.24) is 14.8 Å². The minimum absolute atomic E-state index is 0.163. The Morgan fingerprint density at radius 2 is 1.82 bits per heavy atom. The van der Waals surface area contributed by atoms with Crippen LogP contribution >= 0.6 is 39.3 Å². The second-order valence-electron chi connectivity index (χ2n) is 7.63. The lowest BCUT2D eigenvalue weighted by molar-refractivity contribution is -0.113. The predicted octanol–water partition coefficient (Wildman–Crippen LogP) is 6.62. The van der Waals surface area contributed by atoms with Gasteiger partial charge in [0.15, 0.2) is 5.16 Å². The highest BCUT2D eigenvalue weighted by molar-refractivity contribution is 9.10. The number of hydrogen-bond donors (Lipinski definition) is 1. The van der Waals surface area contributed by atoms with Gasteiger partial charge in [-0.25, -0.2) is 0 Å². The first-order valence-corrected chi connectivity index (χ1v) is 12.5. The van der Waals surface area contributed by atoms with Crippen LogP contribution in [0, 0.1) is 13.8 Å². The molecule has 1 amide bonds. The molecule has 1 aromatic heterocycles. The first kappa shape index (κ1) is 23.5. The van der Waals surface area contributed by atoms with Crippen LogP contribution in [0.2, 0.25) is 5.02 Å². The van der Waals surface area contributed by atoms with Gasteiger partial charge in [0.2, 0.25) is 5.91 Å². The zero-order chi connectivity index (χ0) is 23.4. The number of thioether (sulfide) groups is 1. The van der Waals surface area contributed by atoms with E-state index in [9.17, 15) is 4.79 Å². The summed E-state index contributed by atoms with van der Waals surface area (Å²) in [7, 11) is 0. The van der Waals surface area contributed by atoms with Crippen LogP contribution in [0.5, 0.6) is 0 Å². The fraction of sp³-hybridized carbons (Fsp3) is 0.160. The van der Waals surface area contributed by atoms with E-state index in [0.29, 0.717) is 22.3 Å². The van der Waals surface area contributed by atoms with Gasteiger partial charge in [-0.3, -0.25) is 9.36 Å². The predicted molar refractivity (Wildman–Crippen MR) is 139 cm³/mol. The van der Waals surface area contributed by atoms with Crippen molar-refractivity contribution in [2.75, 3.05) is 11.1 Å². The molecule has 8 heteroatoms. The van der Waals surface area contributed by atoms with Crippen molar-refractivity contribution in [3.8, 4) is 5.69 Å². The molecule has 0 saturated heterocycles. The van der Waals surface area contributed by atoms with Crippen LogP contribution in [0.15, 0.2) is 76.4 Å². The van der Waals surface area contributed by atoms with Crippen LogP contribution < -0.4 is 5.32 Å². The van der Waals surface area contributed by atoms with Gasteiger partial charge >= 0.3 is 0 Å². The van der Waals surface area contributed by atoms with Crippen molar-refractivity contribution >= 4 is 50.9 Å². The molecule has 0 radical (unpaired) electrons. The number of carbonyl (C=O) groups is 1. The fourth-order valence-electron chi connectivity index (χ4n) is 3.32. The number of rotatable bonds is 7. The Balaban J connectivity index is 1.58. The summed E-state index contributed by atoms with van der Waals surface area (Å²) in [5, 5.41) is 12.9. The van der Waals surface area contributed by atoms with E-state index in [1.807, 2.05) is 28.8 Å². The minimum atomic E-state index is -0.163. The molecule has 4 aromatic rings. The lowest BCUT2D eigenvalue weighted by atomic mass is 10.1. The van der Waals surface area contributed by atoms with E-state index in [2.05, 4.69) is 75.6 Å². The number of nitrogens with zero attached hydrogens (tertiary/aromatic N) is 3. The maximum atomic E-state index is 12.6. The van der Waals surface area contributed by atoms with Crippen molar-refractivity contribution in [3.05, 3.63) is 98.7 Å². The molecule has 3 aromatic carbocycles. The van der Waals surface area contributed by atoms with Gasteiger partial charge in [0.25, 0.3) is 0 Å². The SMILES string of the molecule is Cc1ccc(-n2c(Cc3ccccc3)nnc2SCC(=O)Nc2ccc(Br)cc2Cl)cc1C. The number of hydrogen-bond acceptors (Lipinski definition) is 4. The zero-order valence-electron chi connectivity index (χ0n) is 18.2. The summed E-state index contributed by atoms with van der Waals surface area (Å²) >= 11 is 10.9. The van der Waals surface area contributed by atoms with Gasteiger partial charge in [0, 0.05) is 16.6 Å². The molecule has 33 heavy (non-hydrogen) atoms. The first-order valence-electron chi connectivity index (χ1n) is 10.3. The topological polar surface area (TPSA) is 59.8 Å². The lowest BCUT2D eigenvalue weighted by Gasteiger charge is -2.12. The van der Waals surface area contributed by atoms with Crippen LogP contribution in [0.25, 0.3) is 5.69 Å². The molecule has 4 rings (SSSR count). The summed E-state index contributed by atoms with van der Waals surface area (Å²) in [6.07, 6.45) is 0.641. The van der Waals surface area contributed by atoms with Crippen molar-refractivity contribution in [2.24, 2.45) is 0 Å². The van der Waals surface area contributed by atoms with E-state index in [4.69, 9.17) is 11.6 Å². The molecule has 0 aliphatic rings. The standard InChI is InChI=1S/C25H22BrClN4OS/c1-16-8-10-20(12-17(16)2)31-23(13-18-6-4-3-5-7-18)29-30-25(31)33-15-24(32)28-22-11-9-19(26)14-21(22)27/h3-12,14H,13,15H2,1-2H3,(H,28,32). The monoisotopic (exact) mass is 540 g/mol. The summed E-state index contributed by atoms with van der Waals surface area (Å²) in [5.74, 6) is 0.840. The first-order chi connectivity index (χ1) is 15.9. The van der Waals surface area contributed by atoms with Crippen molar-refractivity contribution in [3.63, 3.8) is 0 Å². The molecular weight excluding hydrogens is 520 g/mol. The third kappa shape index (κ3) is 5.85. The highest BCUT2D eigenvalue weighted by atomic mass is 79.9. The molecule has 0 atom stereocenters. The second-order valence-corrected chi connectivity index (χ2v) is 9.89. The molecule has 1 N–H and O–H groups in total. The molecule has 5 nitrogen and oxygen atoms in total. The number of nitrogens with one attached hydrogen (secondary N) is 1.